The number of carbonyl (C=O) groups excluding carboxylic acids is 1. The number of amides is 1. The molecule has 4 heteroatoms. The Morgan fingerprint density at radius 1 is 1.16 bits per heavy atom. The summed E-state index contributed by atoms with van der Waals surface area (Å²) in [6.45, 7) is 4.13. The molecule has 2 aromatic carbocycles. The largest absolute Gasteiger partial charge is 0.338 e. The summed E-state index contributed by atoms with van der Waals surface area (Å²) in [5.74, 6) is -0.0478. The Balaban J connectivity index is 2.20. The summed E-state index contributed by atoms with van der Waals surface area (Å²) < 4.78 is 0.965. The molecule has 1 heterocycles. The van der Waals surface area contributed by atoms with Gasteiger partial charge in [0.2, 0.25) is 0 Å². The normalized spacial score (nSPS) is 12.2. The number of rotatable bonds is 4. The summed E-state index contributed by atoms with van der Waals surface area (Å²) in [7, 11) is 1.84. The Labute approximate surface area is 156 Å². The van der Waals surface area contributed by atoms with Crippen LogP contribution in [0.3, 0.4) is 0 Å². The lowest BCUT2D eigenvalue weighted by atomic mass is 10.0. The minimum atomic E-state index is -0.0478. The highest BCUT2D eigenvalue weighted by Crippen LogP contribution is 2.32. The molecule has 0 unspecified atom stereocenters. The average molecular weight is 397 g/mol. The predicted molar refractivity (Wildman–Crippen MR) is 107 cm³/mol. The van der Waals surface area contributed by atoms with Gasteiger partial charge >= 0.3 is 0 Å². The molecule has 3 nitrogen and oxygen atoms in total. The third-order valence-electron chi connectivity index (χ3n) is 4.66. The van der Waals surface area contributed by atoms with Gasteiger partial charge in [-0.05, 0) is 30.9 Å². The van der Waals surface area contributed by atoms with Crippen LogP contribution in [0, 0.1) is 0 Å². The summed E-state index contributed by atoms with van der Waals surface area (Å²) in [4.78, 5) is 19.4. The second-order valence-corrected chi connectivity index (χ2v) is 7.08. The van der Waals surface area contributed by atoms with Crippen molar-refractivity contribution in [3.63, 3.8) is 0 Å². The number of benzene rings is 2. The van der Waals surface area contributed by atoms with Crippen molar-refractivity contribution in [3.8, 4) is 11.3 Å². The van der Waals surface area contributed by atoms with Crippen LogP contribution in [0.2, 0.25) is 0 Å². The monoisotopic (exact) mass is 396 g/mol. The fourth-order valence-electron chi connectivity index (χ4n) is 2.82. The third kappa shape index (κ3) is 3.45. The van der Waals surface area contributed by atoms with Crippen molar-refractivity contribution in [2.75, 3.05) is 7.05 Å². The Kier molecular flexibility index (Phi) is 5.19. The van der Waals surface area contributed by atoms with Crippen molar-refractivity contribution >= 4 is 32.6 Å². The first kappa shape index (κ1) is 17.6. The first-order valence-corrected chi connectivity index (χ1v) is 9.24. The van der Waals surface area contributed by atoms with E-state index < -0.39 is 0 Å². The molecule has 3 aromatic rings. The van der Waals surface area contributed by atoms with Gasteiger partial charge in [0.05, 0.1) is 5.69 Å². The maximum absolute atomic E-state index is 12.9. The Morgan fingerprint density at radius 2 is 1.84 bits per heavy atom. The van der Waals surface area contributed by atoms with Gasteiger partial charge < -0.3 is 4.90 Å². The lowest BCUT2D eigenvalue weighted by Crippen LogP contribution is -2.35. The Bertz CT molecular complexity index is 923. The van der Waals surface area contributed by atoms with Crippen LogP contribution in [-0.4, -0.2) is 28.9 Å². The van der Waals surface area contributed by atoms with Crippen LogP contribution in [0.25, 0.3) is 22.0 Å². The van der Waals surface area contributed by atoms with E-state index in [1.165, 1.54) is 0 Å². The number of nitrogens with zero attached hydrogens (tertiary/aromatic N) is 2. The summed E-state index contributed by atoms with van der Waals surface area (Å²) in [5.41, 5.74) is 2.29. The summed E-state index contributed by atoms with van der Waals surface area (Å²) in [6.07, 6.45) is 0.910. The first-order valence-electron chi connectivity index (χ1n) is 8.44. The Hall–Kier alpha value is -2.20. The van der Waals surface area contributed by atoms with Gasteiger partial charge in [-0.15, -0.1) is 0 Å². The van der Waals surface area contributed by atoms with Crippen LogP contribution >= 0.6 is 15.9 Å². The molecule has 0 saturated heterocycles. The molecule has 0 aliphatic carbocycles. The highest BCUT2D eigenvalue weighted by atomic mass is 79.9. The van der Waals surface area contributed by atoms with E-state index >= 15 is 0 Å². The molecule has 128 valence electrons. The fraction of sp³-hybridized carbons (Fsp3) is 0.238. The molecule has 1 atom stereocenters. The van der Waals surface area contributed by atoms with Gasteiger partial charge in [-0.2, -0.15) is 0 Å². The molecule has 0 aliphatic rings. The van der Waals surface area contributed by atoms with E-state index in [-0.39, 0.29) is 11.9 Å². The zero-order chi connectivity index (χ0) is 18.0. The van der Waals surface area contributed by atoms with Crippen LogP contribution in [0.4, 0.5) is 0 Å². The molecule has 0 spiro atoms. The van der Waals surface area contributed by atoms with E-state index in [0.717, 1.165) is 32.9 Å². The van der Waals surface area contributed by atoms with E-state index in [1.54, 1.807) is 4.90 Å². The highest BCUT2D eigenvalue weighted by Gasteiger charge is 2.20. The number of hydrogen-bond donors (Lipinski definition) is 0. The van der Waals surface area contributed by atoms with E-state index in [0.29, 0.717) is 5.69 Å². The SMILES string of the molecule is CC[C@@H](C)N(C)C(=O)c1cc2ccccc2c(-c2ccccc2Br)n1. The zero-order valence-electron chi connectivity index (χ0n) is 14.7. The van der Waals surface area contributed by atoms with Gasteiger partial charge in [0, 0.05) is 28.5 Å². The molecule has 0 fully saturated rings. The standard InChI is InChI=1S/C21H21BrN2O/c1-4-14(2)24(3)21(25)19-13-15-9-5-6-10-16(15)20(23-19)17-11-7-8-12-18(17)22/h5-14H,4H2,1-3H3/t14-/m1/s1. The van der Waals surface area contributed by atoms with Gasteiger partial charge in [0.15, 0.2) is 0 Å². The van der Waals surface area contributed by atoms with Crippen molar-refractivity contribution in [1.82, 2.24) is 9.88 Å². The minimum Gasteiger partial charge on any atom is -0.338 e. The van der Waals surface area contributed by atoms with Crippen LogP contribution in [0.15, 0.2) is 59.1 Å². The molecule has 0 N–H and O–H groups in total. The summed E-state index contributed by atoms with van der Waals surface area (Å²) in [5, 5.41) is 2.06. The van der Waals surface area contributed by atoms with Gasteiger partial charge in [-0.1, -0.05) is 65.3 Å². The molecule has 0 bridgehead atoms. The highest BCUT2D eigenvalue weighted by molar-refractivity contribution is 9.10. The molecule has 3 rings (SSSR count). The Morgan fingerprint density at radius 3 is 2.56 bits per heavy atom. The quantitative estimate of drug-likeness (QED) is 0.580. The summed E-state index contributed by atoms with van der Waals surface area (Å²) >= 11 is 3.61. The van der Waals surface area contributed by atoms with Gasteiger partial charge in [-0.3, -0.25) is 4.79 Å². The number of hydrogen-bond acceptors (Lipinski definition) is 2. The van der Waals surface area contributed by atoms with Gasteiger partial charge in [-0.25, -0.2) is 4.98 Å². The lowest BCUT2D eigenvalue weighted by Gasteiger charge is -2.24. The van der Waals surface area contributed by atoms with Crippen molar-refractivity contribution in [1.29, 1.82) is 0 Å². The number of pyridine rings is 1. The molecular weight excluding hydrogens is 376 g/mol. The molecule has 0 saturated carbocycles. The molecule has 0 radical (unpaired) electrons. The third-order valence-corrected chi connectivity index (χ3v) is 5.35. The maximum Gasteiger partial charge on any atom is 0.272 e. The second-order valence-electron chi connectivity index (χ2n) is 6.23. The van der Waals surface area contributed by atoms with Crippen LogP contribution in [-0.2, 0) is 0 Å². The summed E-state index contributed by atoms with van der Waals surface area (Å²) in [6, 6.07) is 18.1. The molecule has 25 heavy (non-hydrogen) atoms. The smallest absolute Gasteiger partial charge is 0.272 e. The molecule has 1 aromatic heterocycles. The average Bonchev–Trinajstić information content (AvgIpc) is 2.65. The minimum absolute atomic E-state index is 0.0478. The fourth-order valence-corrected chi connectivity index (χ4v) is 3.29. The second kappa shape index (κ2) is 7.36. The molecule has 0 aliphatic heterocycles. The number of halogens is 1. The van der Waals surface area contributed by atoms with E-state index in [4.69, 9.17) is 4.98 Å². The zero-order valence-corrected chi connectivity index (χ0v) is 16.2. The first-order chi connectivity index (χ1) is 12.0. The molecular formula is C21H21BrN2O. The lowest BCUT2D eigenvalue weighted by molar-refractivity contribution is 0.0735. The predicted octanol–water partition coefficient (Wildman–Crippen LogP) is 5.53. The van der Waals surface area contributed by atoms with Crippen LogP contribution in [0.1, 0.15) is 30.8 Å². The van der Waals surface area contributed by atoms with Gasteiger partial charge in [0.1, 0.15) is 5.69 Å². The van der Waals surface area contributed by atoms with E-state index in [2.05, 4.69) is 22.9 Å². The number of carbonyl (C=O) groups is 1. The van der Waals surface area contributed by atoms with Crippen molar-refractivity contribution in [3.05, 3.63) is 64.8 Å². The molecule has 1 amide bonds. The topological polar surface area (TPSA) is 33.2 Å². The maximum atomic E-state index is 12.9. The van der Waals surface area contributed by atoms with Crippen molar-refractivity contribution in [2.45, 2.75) is 26.3 Å². The number of fused-ring (bicyclic) bond motifs is 1. The number of aromatic nitrogens is 1. The van der Waals surface area contributed by atoms with Crippen LogP contribution < -0.4 is 0 Å². The van der Waals surface area contributed by atoms with Crippen molar-refractivity contribution < 1.29 is 4.79 Å². The van der Waals surface area contributed by atoms with Crippen molar-refractivity contribution in [2.24, 2.45) is 0 Å². The van der Waals surface area contributed by atoms with E-state index in [9.17, 15) is 4.79 Å². The van der Waals surface area contributed by atoms with E-state index in [1.807, 2.05) is 68.6 Å². The van der Waals surface area contributed by atoms with Gasteiger partial charge in [0.25, 0.3) is 5.91 Å². The van der Waals surface area contributed by atoms with Crippen LogP contribution in [0.5, 0.6) is 0 Å².